The number of guanidine groups is 1. The lowest BCUT2D eigenvalue weighted by atomic mass is 9.99. The average Bonchev–Trinajstić information content (AvgIpc) is 3.15. The van der Waals surface area contributed by atoms with E-state index in [2.05, 4.69) is 57.1 Å². The number of thioether (sulfide) groups is 1. The summed E-state index contributed by atoms with van der Waals surface area (Å²) in [5, 5.41) is 7.16. The third-order valence-corrected chi connectivity index (χ3v) is 6.71. The van der Waals surface area contributed by atoms with E-state index in [0.717, 1.165) is 58.1 Å². The number of aliphatic imine (C=N–C) groups is 1. The van der Waals surface area contributed by atoms with Crippen molar-refractivity contribution in [2.24, 2.45) is 4.99 Å². The van der Waals surface area contributed by atoms with Gasteiger partial charge in [0.2, 0.25) is 0 Å². The minimum absolute atomic E-state index is 0.265. The molecular weight excluding hydrogens is 332 g/mol. The molecule has 2 N–H and O–H groups in total. The van der Waals surface area contributed by atoms with Crippen LogP contribution in [0.15, 0.2) is 35.3 Å². The van der Waals surface area contributed by atoms with E-state index in [-0.39, 0.29) is 4.75 Å². The van der Waals surface area contributed by atoms with Gasteiger partial charge in [0.15, 0.2) is 5.96 Å². The minimum Gasteiger partial charge on any atom is -0.381 e. The summed E-state index contributed by atoms with van der Waals surface area (Å²) in [6, 6.07) is 11.1. The zero-order chi connectivity index (χ0) is 17.5. The highest BCUT2D eigenvalue weighted by Crippen LogP contribution is 2.33. The molecule has 2 heterocycles. The predicted molar refractivity (Wildman–Crippen MR) is 108 cm³/mol. The minimum atomic E-state index is 0.265. The first kappa shape index (κ1) is 18.4. The van der Waals surface area contributed by atoms with Crippen molar-refractivity contribution in [1.29, 1.82) is 0 Å². The molecule has 1 aromatic rings. The number of nitrogens with zero attached hydrogens (tertiary/aromatic N) is 2. The average molecular weight is 363 g/mol. The molecule has 2 saturated heterocycles. The quantitative estimate of drug-likeness (QED) is 0.622. The molecule has 138 valence electrons. The Kier molecular flexibility index (Phi) is 6.48. The molecule has 25 heavy (non-hydrogen) atoms. The van der Waals surface area contributed by atoms with E-state index in [1.165, 1.54) is 5.69 Å². The van der Waals surface area contributed by atoms with Crippen LogP contribution in [0.2, 0.25) is 0 Å². The molecule has 0 amide bonds. The Morgan fingerprint density at radius 1 is 1.32 bits per heavy atom. The van der Waals surface area contributed by atoms with Crippen LogP contribution in [-0.4, -0.2) is 62.9 Å². The zero-order valence-corrected chi connectivity index (χ0v) is 16.1. The van der Waals surface area contributed by atoms with Crippen molar-refractivity contribution in [3.05, 3.63) is 30.3 Å². The smallest absolute Gasteiger partial charge is 0.191 e. The maximum absolute atomic E-state index is 5.53. The van der Waals surface area contributed by atoms with Crippen LogP contribution in [0.5, 0.6) is 0 Å². The van der Waals surface area contributed by atoms with Gasteiger partial charge in [0, 0.05) is 56.4 Å². The summed E-state index contributed by atoms with van der Waals surface area (Å²) < 4.78 is 5.79. The number of para-hydroxylation sites is 1. The van der Waals surface area contributed by atoms with Crippen molar-refractivity contribution in [2.75, 3.05) is 51.1 Å². The Bertz CT molecular complexity index is 560. The lowest BCUT2D eigenvalue weighted by Gasteiger charge is -2.36. The van der Waals surface area contributed by atoms with Crippen LogP contribution in [0.25, 0.3) is 0 Å². The highest BCUT2D eigenvalue weighted by molar-refractivity contribution is 8.00. The van der Waals surface area contributed by atoms with Crippen LogP contribution in [0.4, 0.5) is 5.69 Å². The second-order valence-corrected chi connectivity index (χ2v) is 8.11. The molecule has 3 rings (SSSR count). The van der Waals surface area contributed by atoms with Gasteiger partial charge in [0.05, 0.1) is 0 Å². The number of benzene rings is 1. The van der Waals surface area contributed by atoms with E-state index in [0.29, 0.717) is 6.04 Å². The number of anilines is 1. The van der Waals surface area contributed by atoms with Gasteiger partial charge in [-0.1, -0.05) is 18.2 Å². The molecule has 0 saturated carbocycles. The molecule has 0 aromatic heterocycles. The van der Waals surface area contributed by atoms with Gasteiger partial charge in [0.25, 0.3) is 0 Å². The molecule has 1 atom stereocenters. The molecule has 2 aliphatic rings. The SMILES string of the molecule is CN=C(NCC1(SC)CCOCC1)NC1CCN(c2ccccc2)C1. The van der Waals surface area contributed by atoms with Gasteiger partial charge in [-0.25, -0.2) is 0 Å². The van der Waals surface area contributed by atoms with Crippen molar-refractivity contribution in [3.8, 4) is 0 Å². The van der Waals surface area contributed by atoms with Crippen LogP contribution in [0.3, 0.4) is 0 Å². The van der Waals surface area contributed by atoms with Crippen LogP contribution in [-0.2, 0) is 4.74 Å². The summed E-state index contributed by atoms with van der Waals surface area (Å²) in [5.74, 6) is 0.917. The molecule has 0 aliphatic carbocycles. The fraction of sp³-hybridized carbons (Fsp3) is 0.632. The number of hydrogen-bond acceptors (Lipinski definition) is 4. The lowest BCUT2D eigenvalue weighted by molar-refractivity contribution is 0.0782. The van der Waals surface area contributed by atoms with Gasteiger partial charge in [-0.05, 0) is 37.7 Å². The van der Waals surface area contributed by atoms with E-state index in [1.807, 2.05) is 18.8 Å². The Labute approximate surface area is 155 Å². The second-order valence-electron chi connectivity index (χ2n) is 6.84. The second kappa shape index (κ2) is 8.81. The third-order valence-electron chi connectivity index (χ3n) is 5.29. The Hall–Kier alpha value is -1.40. The van der Waals surface area contributed by atoms with Gasteiger partial charge in [0.1, 0.15) is 0 Å². The first-order valence-corrected chi connectivity index (χ1v) is 10.4. The van der Waals surface area contributed by atoms with E-state index in [4.69, 9.17) is 4.74 Å². The fourth-order valence-electron chi connectivity index (χ4n) is 3.58. The Balaban J connectivity index is 1.49. The number of nitrogens with one attached hydrogen (secondary N) is 2. The van der Waals surface area contributed by atoms with Gasteiger partial charge in [-0.3, -0.25) is 4.99 Å². The summed E-state index contributed by atoms with van der Waals surface area (Å²) in [7, 11) is 1.86. The molecule has 0 radical (unpaired) electrons. The van der Waals surface area contributed by atoms with Crippen molar-refractivity contribution in [3.63, 3.8) is 0 Å². The molecular formula is C19H30N4OS. The van der Waals surface area contributed by atoms with Crippen LogP contribution in [0.1, 0.15) is 19.3 Å². The monoisotopic (exact) mass is 362 g/mol. The van der Waals surface area contributed by atoms with Crippen molar-refractivity contribution in [1.82, 2.24) is 10.6 Å². The summed E-state index contributed by atoms with van der Waals surface area (Å²) in [6.07, 6.45) is 5.54. The maximum atomic E-state index is 5.53. The number of hydrogen-bond donors (Lipinski definition) is 2. The molecule has 1 unspecified atom stereocenters. The van der Waals surface area contributed by atoms with E-state index in [9.17, 15) is 0 Å². The van der Waals surface area contributed by atoms with Crippen molar-refractivity contribution in [2.45, 2.75) is 30.1 Å². The summed E-state index contributed by atoms with van der Waals surface area (Å²) in [6.45, 7) is 4.77. The highest BCUT2D eigenvalue weighted by atomic mass is 32.2. The normalized spacial score (nSPS) is 23.5. The molecule has 1 aromatic carbocycles. The van der Waals surface area contributed by atoms with Gasteiger partial charge in [-0.15, -0.1) is 0 Å². The Morgan fingerprint density at radius 3 is 2.76 bits per heavy atom. The molecule has 5 nitrogen and oxygen atoms in total. The van der Waals surface area contributed by atoms with Gasteiger partial charge in [-0.2, -0.15) is 11.8 Å². The third kappa shape index (κ3) is 4.82. The lowest BCUT2D eigenvalue weighted by Crippen LogP contribution is -2.50. The van der Waals surface area contributed by atoms with E-state index >= 15 is 0 Å². The molecule has 6 heteroatoms. The first-order valence-electron chi connectivity index (χ1n) is 9.15. The van der Waals surface area contributed by atoms with Crippen LogP contribution < -0.4 is 15.5 Å². The topological polar surface area (TPSA) is 48.9 Å². The van der Waals surface area contributed by atoms with Gasteiger partial charge >= 0.3 is 0 Å². The van der Waals surface area contributed by atoms with Crippen molar-refractivity contribution >= 4 is 23.4 Å². The van der Waals surface area contributed by atoms with E-state index in [1.54, 1.807) is 0 Å². The molecule has 2 fully saturated rings. The summed E-state index contributed by atoms with van der Waals surface area (Å²) >= 11 is 1.95. The Morgan fingerprint density at radius 2 is 2.08 bits per heavy atom. The van der Waals surface area contributed by atoms with Gasteiger partial charge < -0.3 is 20.3 Å². The first-order chi connectivity index (χ1) is 12.2. The largest absolute Gasteiger partial charge is 0.381 e. The molecule has 0 bridgehead atoms. The summed E-state index contributed by atoms with van der Waals surface area (Å²) in [4.78, 5) is 6.87. The van der Waals surface area contributed by atoms with E-state index < -0.39 is 0 Å². The van der Waals surface area contributed by atoms with Crippen LogP contribution >= 0.6 is 11.8 Å². The number of rotatable bonds is 5. The standard InChI is InChI=1S/C19H30N4OS/c1-20-18(21-15-19(25-2)9-12-24-13-10-19)22-16-8-11-23(14-16)17-6-4-3-5-7-17/h3-7,16H,8-15H2,1-2H3,(H2,20,21,22). The predicted octanol–water partition coefficient (Wildman–Crippen LogP) is 2.34. The maximum Gasteiger partial charge on any atom is 0.191 e. The van der Waals surface area contributed by atoms with Crippen molar-refractivity contribution < 1.29 is 4.74 Å². The summed E-state index contributed by atoms with van der Waals surface area (Å²) in [5.41, 5.74) is 1.30. The highest BCUT2D eigenvalue weighted by Gasteiger charge is 2.32. The zero-order valence-electron chi connectivity index (χ0n) is 15.3. The van der Waals surface area contributed by atoms with Crippen LogP contribution in [0, 0.1) is 0 Å². The fourth-order valence-corrected chi connectivity index (χ4v) is 4.37. The molecule has 0 spiro atoms. The number of ether oxygens (including phenoxy) is 1. The molecule has 2 aliphatic heterocycles.